The Morgan fingerprint density at radius 1 is 0.952 bits per heavy atom. The maximum absolute atomic E-state index is 7.39. The summed E-state index contributed by atoms with van der Waals surface area (Å²) in [6, 6.07) is 13.6. The van der Waals surface area contributed by atoms with Gasteiger partial charge in [0.1, 0.15) is 5.84 Å². The van der Waals surface area contributed by atoms with Crippen molar-refractivity contribution in [2.24, 2.45) is 5.73 Å². The van der Waals surface area contributed by atoms with Gasteiger partial charge in [-0.15, -0.1) is 0 Å². The van der Waals surface area contributed by atoms with E-state index in [0.29, 0.717) is 13.2 Å². The molecule has 0 atom stereocenters. The minimum absolute atomic E-state index is 0.0853. The van der Waals surface area contributed by atoms with E-state index in [-0.39, 0.29) is 5.84 Å². The minimum Gasteiger partial charge on any atom is -0.490 e. The number of nitrogens with one attached hydrogen (secondary N) is 1. The first kappa shape index (κ1) is 13.8. The predicted octanol–water partition coefficient (Wildman–Crippen LogP) is 3.28. The van der Waals surface area contributed by atoms with Gasteiger partial charge in [0.15, 0.2) is 11.5 Å². The lowest BCUT2D eigenvalue weighted by molar-refractivity contribution is 0.297. The second-order valence-corrected chi connectivity index (χ2v) is 5.85. The van der Waals surface area contributed by atoms with E-state index in [1.54, 1.807) is 11.8 Å². The van der Waals surface area contributed by atoms with Gasteiger partial charge < -0.3 is 15.2 Å². The fourth-order valence-corrected chi connectivity index (χ4v) is 2.89. The average Bonchev–Trinajstić information content (AvgIpc) is 2.72. The molecule has 1 heterocycles. The number of benzene rings is 2. The smallest absolute Gasteiger partial charge is 0.162 e. The summed E-state index contributed by atoms with van der Waals surface area (Å²) in [6.07, 6.45) is 0.906. The molecule has 5 heteroatoms. The van der Waals surface area contributed by atoms with Crippen molar-refractivity contribution in [1.82, 2.24) is 0 Å². The number of amidine groups is 1. The van der Waals surface area contributed by atoms with Crippen LogP contribution in [-0.2, 0) is 0 Å². The molecule has 0 saturated carbocycles. The fraction of sp³-hybridized carbons (Fsp3) is 0.188. The topological polar surface area (TPSA) is 68.3 Å². The van der Waals surface area contributed by atoms with E-state index < -0.39 is 0 Å². The van der Waals surface area contributed by atoms with E-state index in [4.69, 9.17) is 20.6 Å². The van der Waals surface area contributed by atoms with Gasteiger partial charge in [-0.1, -0.05) is 23.9 Å². The molecule has 0 aromatic heterocycles. The van der Waals surface area contributed by atoms with Crippen LogP contribution in [-0.4, -0.2) is 19.0 Å². The Labute approximate surface area is 127 Å². The molecule has 3 N–H and O–H groups in total. The Morgan fingerprint density at radius 3 is 2.33 bits per heavy atom. The summed E-state index contributed by atoms with van der Waals surface area (Å²) in [5, 5.41) is 7.39. The molecule has 4 nitrogen and oxygen atoms in total. The third kappa shape index (κ3) is 3.31. The van der Waals surface area contributed by atoms with Gasteiger partial charge in [0.2, 0.25) is 0 Å². The van der Waals surface area contributed by atoms with Crippen LogP contribution in [0.3, 0.4) is 0 Å². The van der Waals surface area contributed by atoms with Gasteiger partial charge in [0.25, 0.3) is 0 Å². The molecule has 0 saturated heterocycles. The molecule has 0 amide bonds. The molecule has 1 aliphatic rings. The zero-order valence-electron chi connectivity index (χ0n) is 11.5. The molecule has 0 fully saturated rings. The second kappa shape index (κ2) is 6.10. The molecule has 3 rings (SSSR count). The van der Waals surface area contributed by atoms with E-state index in [1.807, 2.05) is 42.5 Å². The molecule has 21 heavy (non-hydrogen) atoms. The van der Waals surface area contributed by atoms with E-state index in [9.17, 15) is 0 Å². The lowest BCUT2D eigenvalue weighted by Crippen LogP contribution is -2.10. The van der Waals surface area contributed by atoms with Crippen LogP contribution in [0, 0.1) is 5.41 Å². The van der Waals surface area contributed by atoms with Gasteiger partial charge in [0, 0.05) is 21.8 Å². The van der Waals surface area contributed by atoms with Gasteiger partial charge in [-0.2, -0.15) is 0 Å². The van der Waals surface area contributed by atoms with E-state index >= 15 is 0 Å². The third-order valence-corrected chi connectivity index (χ3v) is 4.12. The number of hydrogen-bond acceptors (Lipinski definition) is 4. The fourth-order valence-electron chi connectivity index (χ4n) is 2.05. The number of nitrogens with two attached hydrogens (primary N) is 1. The first-order valence-corrected chi connectivity index (χ1v) is 7.56. The van der Waals surface area contributed by atoms with Crippen molar-refractivity contribution in [3.63, 3.8) is 0 Å². The Kier molecular flexibility index (Phi) is 4.01. The lowest BCUT2D eigenvalue weighted by atomic mass is 10.2. The summed E-state index contributed by atoms with van der Waals surface area (Å²) in [7, 11) is 0. The molecule has 108 valence electrons. The summed E-state index contributed by atoms with van der Waals surface area (Å²) in [5.74, 6) is 1.70. The summed E-state index contributed by atoms with van der Waals surface area (Å²) >= 11 is 1.64. The van der Waals surface area contributed by atoms with Crippen molar-refractivity contribution in [3.05, 3.63) is 48.0 Å². The number of ether oxygens (including phenoxy) is 2. The molecule has 2 aromatic carbocycles. The van der Waals surface area contributed by atoms with Crippen LogP contribution in [0.1, 0.15) is 12.0 Å². The van der Waals surface area contributed by atoms with Crippen molar-refractivity contribution in [2.45, 2.75) is 16.2 Å². The largest absolute Gasteiger partial charge is 0.490 e. The van der Waals surface area contributed by atoms with Crippen molar-refractivity contribution < 1.29 is 9.47 Å². The Hall–Kier alpha value is -2.14. The van der Waals surface area contributed by atoms with Crippen LogP contribution >= 0.6 is 11.8 Å². The predicted molar refractivity (Wildman–Crippen MR) is 83.6 cm³/mol. The second-order valence-electron chi connectivity index (χ2n) is 4.70. The standard InChI is InChI=1S/C16H16N2O2S/c17-16(18)11-2-4-12(5-3-11)21-13-6-7-14-15(10-13)20-9-1-8-19-14/h2-7,10H,1,8-9H2,(H3,17,18). The number of hydrogen-bond donors (Lipinski definition) is 2. The SMILES string of the molecule is N=C(N)c1ccc(Sc2ccc3c(c2)OCCCO3)cc1. The summed E-state index contributed by atoms with van der Waals surface area (Å²) in [4.78, 5) is 2.18. The van der Waals surface area contributed by atoms with Crippen molar-refractivity contribution >= 4 is 17.6 Å². The van der Waals surface area contributed by atoms with Crippen LogP contribution < -0.4 is 15.2 Å². The Morgan fingerprint density at radius 2 is 1.62 bits per heavy atom. The quantitative estimate of drug-likeness (QED) is 0.674. The van der Waals surface area contributed by atoms with Crippen molar-refractivity contribution in [1.29, 1.82) is 5.41 Å². The van der Waals surface area contributed by atoms with Gasteiger partial charge in [0.05, 0.1) is 13.2 Å². The lowest BCUT2D eigenvalue weighted by Gasteiger charge is -2.09. The van der Waals surface area contributed by atoms with Crippen LogP contribution in [0.15, 0.2) is 52.3 Å². The maximum Gasteiger partial charge on any atom is 0.162 e. The van der Waals surface area contributed by atoms with Gasteiger partial charge in [-0.25, -0.2) is 0 Å². The van der Waals surface area contributed by atoms with E-state index in [2.05, 4.69) is 0 Å². The third-order valence-electron chi connectivity index (χ3n) is 3.12. The summed E-state index contributed by atoms with van der Waals surface area (Å²) in [5.41, 5.74) is 6.19. The van der Waals surface area contributed by atoms with E-state index in [0.717, 1.165) is 33.3 Å². The van der Waals surface area contributed by atoms with Gasteiger partial charge in [-0.3, -0.25) is 5.41 Å². The Bertz CT molecular complexity index is 656. The van der Waals surface area contributed by atoms with Crippen LogP contribution in [0.5, 0.6) is 11.5 Å². The maximum atomic E-state index is 7.39. The number of fused-ring (bicyclic) bond motifs is 1. The molecular formula is C16H16N2O2S. The molecular weight excluding hydrogens is 284 g/mol. The zero-order valence-corrected chi connectivity index (χ0v) is 12.3. The Balaban J connectivity index is 1.78. The van der Waals surface area contributed by atoms with Crippen molar-refractivity contribution in [3.8, 4) is 11.5 Å². The molecule has 0 radical (unpaired) electrons. The molecule has 0 aliphatic carbocycles. The highest BCUT2D eigenvalue weighted by Crippen LogP contribution is 2.36. The van der Waals surface area contributed by atoms with Gasteiger partial charge in [-0.05, 0) is 30.3 Å². The normalized spacial score (nSPS) is 13.5. The minimum atomic E-state index is 0.0853. The van der Waals surface area contributed by atoms with Crippen LogP contribution in [0.2, 0.25) is 0 Å². The highest BCUT2D eigenvalue weighted by molar-refractivity contribution is 7.99. The van der Waals surface area contributed by atoms with Crippen LogP contribution in [0.25, 0.3) is 0 Å². The zero-order chi connectivity index (χ0) is 14.7. The monoisotopic (exact) mass is 300 g/mol. The highest BCUT2D eigenvalue weighted by Gasteiger charge is 2.11. The summed E-state index contributed by atoms with van der Waals surface area (Å²) < 4.78 is 11.3. The van der Waals surface area contributed by atoms with Crippen molar-refractivity contribution in [2.75, 3.05) is 13.2 Å². The number of rotatable bonds is 3. The molecule has 0 unspecified atom stereocenters. The summed E-state index contributed by atoms with van der Waals surface area (Å²) in [6.45, 7) is 1.39. The average molecular weight is 300 g/mol. The first-order valence-electron chi connectivity index (χ1n) is 6.74. The molecule has 2 aromatic rings. The van der Waals surface area contributed by atoms with Crippen LogP contribution in [0.4, 0.5) is 0 Å². The first-order chi connectivity index (χ1) is 10.2. The highest BCUT2D eigenvalue weighted by atomic mass is 32.2. The van der Waals surface area contributed by atoms with E-state index in [1.165, 1.54) is 0 Å². The molecule has 0 bridgehead atoms. The number of nitrogen functional groups attached to an aromatic ring is 1. The van der Waals surface area contributed by atoms with Gasteiger partial charge >= 0.3 is 0 Å². The molecule has 1 aliphatic heterocycles. The molecule has 0 spiro atoms.